The Morgan fingerprint density at radius 1 is 1.30 bits per heavy atom. The fourth-order valence-corrected chi connectivity index (χ4v) is 2.86. The second-order valence-corrected chi connectivity index (χ2v) is 6.13. The SMILES string of the molecule is CC1Cc2ccccc2N(C(=O)c2ccc(Br)cn2)C1. The van der Waals surface area contributed by atoms with Crippen molar-refractivity contribution in [3.8, 4) is 0 Å². The van der Waals surface area contributed by atoms with Crippen LogP contribution in [0.1, 0.15) is 23.0 Å². The van der Waals surface area contributed by atoms with E-state index < -0.39 is 0 Å². The van der Waals surface area contributed by atoms with Crippen molar-refractivity contribution in [1.82, 2.24) is 4.98 Å². The Morgan fingerprint density at radius 2 is 2.10 bits per heavy atom. The summed E-state index contributed by atoms with van der Waals surface area (Å²) in [6.07, 6.45) is 2.68. The third-order valence-corrected chi connectivity index (χ3v) is 4.01. The number of hydrogen-bond donors (Lipinski definition) is 0. The first kappa shape index (κ1) is 13.3. The number of fused-ring (bicyclic) bond motifs is 1. The zero-order chi connectivity index (χ0) is 14.1. The van der Waals surface area contributed by atoms with Crippen molar-refractivity contribution < 1.29 is 4.79 Å². The number of nitrogens with zero attached hydrogens (tertiary/aromatic N) is 2. The van der Waals surface area contributed by atoms with Crippen LogP contribution in [0, 0.1) is 5.92 Å². The summed E-state index contributed by atoms with van der Waals surface area (Å²) in [5, 5.41) is 0. The number of rotatable bonds is 1. The van der Waals surface area contributed by atoms with Crippen LogP contribution in [0.25, 0.3) is 0 Å². The molecule has 1 atom stereocenters. The summed E-state index contributed by atoms with van der Waals surface area (Å²) < 4.78 is 0.876. The Bertz CT molecular complexity index is 639. The zero-order valence-corrected chi connectivity index (χ0v) is 12.8. The van der Waals surface area contributed by atoms with E-state index in [1.807, 2.05) is 29.2 Å². The summed E-state index contributed by atoms with van der Waals surface area (Å²) in [4.78, 5) is 18.7. The van der Waals surface area contributed by atoms with Crippen LogP contribution in [0.2, 0.25) is 0 Å². The van der Waals surface area contributed by atoms with Crippen LogP contribution in [0.4, 0.5) is 5.69 Å². The summed E-state index contributed by atoms with van der Waals surface area (Å²) in [7, 11) is 0. The molecule has 0 radical (unpaired) electrons. The number of amides is 1. The molecular weight excluding hydrogens is 316 g/mol. The van der Waals surface area contributed by atoms with Gasteiger partial charge in [0.1, 0.15) is 5.69 Å². The van der Waals surface area contributed by atoms with E-state index in [-0.39, 0.29) is 5.91 Å². The van der Waals surface area contributed by atoms with Gasteiger partial charge in [-0.2, -0.15) is 0 Å². The van der Waals surface area contributed by atoms with Crippen molar-refractivity contribution in [2.24, 2.45) is 5.92 Å². The van der Waals surface area contributed by atoms with Crippen molar-refractivity contribution in [3.63, 3.8) is 0 Å². The van der Waals surface area contributed by atoms with Crippen molar-refractivity contribution >= 4 is 27.5 Å². The quantitative estimate of drug-likeness (QED) is 0.799. The molecule has 0 saturated heterocycles. The number of carbonyl (C=O) groups excluding carboxylic acids is 1. The number of benzene rings is 1. The van der Waals surface area contributed by atoms with Crippen molar-refractivity contribution in [1.29, 1.82) is 0 Å². The largest absolute Gasteiger partial charge is 0.306 e. The van der Waals surface area contributed by atoms with Gasteiger partial charge in [-0.1, -0.05) is 25.1 Å². The van der Waals surface area contributed by atoms with Crippen LogP contribution >= 0.6 is 15.9 Å². The molecule has 2 aromatic rings. The first-order valence-electron chi connectivity index (χ1n) is 6.66. The number of pyridine rings is 1. The Morgan fingerprint density at radius 3 is 2.85 bits per heavy atom. The second-order valence-electron chi connectivity index (χ2n) is 5.22. The molecule has 4 heteroatoms. The number of carbonyl (C=O) groups is 1. The lowest BCUT2D eigenvalue weighted by molar-refractivity contribution is 0.0976. The third-order valence-electron chi connectivity index (χ3n) is 3.54. The van der Waals surface area contributed by atoms with Crippen LogP contribution in [0.5, 0.6) is 0 Å². The maximum absolute atomic E-state index is 12.7. The van der Waals surface area contributed by atoms with E-state index in [2.05, 4.69) is 33.9 Å². The van der Waals surface area contributed by atoms with Gasteiger partial charge < -0.3 is 4.90 Å². The van der Waals surface area contributed by atoms with Crippen LogP contribution in [-0.4, -0.2) is 17.4 Å². The van der Waals surface area contributed by atoms with E-state index in [4.69, 9.17) is 0 Å². The van der Waals surface area contributed by atoms with Crippen LogP contribution in [0.3, 0.4) is 0 Å². The summed E-state index contributed by atoms with van der Waals surface area (Å²) in [6.45, 7) is 2.92. The Hall–Kier alpha value is -1.68. The first-order chi connectivity index (χ1) is 9.65. The van der Waals surface area contributed by atoms with Crippen molar-refractivity contribution in [2.45, 2.75) is 13.3 Å². The van der Waals surface area contributed by atoms with Gasteiger partial charge in [0, 0.05) is 22.9 Å². The molecule has 2 heterocycles. The Labute approximate surface area is 126 Å². The predicted molar refractivity (Wildman–Crippen MR) is 82.9 cm³/mol. The highest BCUT2D eigenvalue weighted by molar-refractivity contribution is 9.10. The molecule has 20 heavy (non-hydrogen) atoms. The molecule has 3 nitrogen and oxygen atoms in total. The van der Waals surface area contributed by atoms with Gasteiger partial charge in [-0.05, 0) is 52.0 Å². The average Bonchev–Trinajstić information content (AvgIpc) is 2.46. The summed E-state index contributed by atoms with van der Waals surface area (Å²) in [5.41, 5.74) is 2.73. The van der Waals surface area contributed by atoms with Gasteiger partial charge in [0.2, 0.25) is 0 Å². The molecule has 0 aliphatic carbocycles. The Balaban J connectivity index is 1.97. The minimum absolute atomic E-state index is 0.0310. The molecule has 1 aromatic heterocycles. The predicted octanol–water partition coefficient (Wildman–Crippen LogP) is 3.68. The number of hydrogen-bond acceptors (Lipinski definition) is 2. The van der Waals surface area contributed by atoms with Gasteiger partial charge in [-0.25, -0.2) is 4.98 Å². The van der Waals surface area contributed by atoms with E-state index in [9.17, 15) is 4.79 Å². The number of para-hydroxylation sites is 1. The average molecular weight is 331 g/mol. The second kappa shape index (κ2) is 5.37. The van der Waals surface area contributed by atoms with Gasteiger partial charge >= 0.3 is 0 Å². The Kier molecular flexibility index (Phi) is 3.57. The van der Waals surface area contributed by atoms with E-state index in [0.717, 1.165) is 23.1 Å². The summed E-state index contributed by atoms with van der Waals surface area (Å²) in [6, 6.07) is 11.7. The highest BCUT2D eigenvalue weighted by Gasteiger charge is 2.27. The van der Waals surface area contributed by atoms with Gasteiger partial charge in [0.05, 0.1) is 0 Å². The van der Waals surface area contributed by atoms with E-state index in [0.29, 0.717) is 11.6 Å². The first-order valence-corrected chi connectivity index (χ1v) is 7.46. The van der Waals surface area contributed by atoms with Gasteiger partial charge in [-0.15, -0.1) is 0 Å². The van der Waals surface area contributed by atoms with E-state index in [1.165, 1.54) is 5.56 Å². The lowest BCUT2D eigenvalue weighted by atomic mass is 9.93. The van der Waals surface area contributed by atoms with E-state index in [1.54, 1.807) is 12.3 Å². The number of anilines is 1. The topological polar surface area (TPSA) is 33.2 Å². The van der Waals surface area contributed by atoms with Crippen molar-refractivity contribution in [2.75, 3.05) is 11.4 Å². The highest BCUT2D eigenvalue weighted by atomic mass is 79.9. The monoisotopic (exact) mass is 330 g/mol. The van der Waals surface area contributed by atoms with Crippen LogP contribution in [-0.2, 0) is 6.42 Å². The smallest absolute Gasteiger partial charge is 0.276 e. The third kappa shape index (κ3) is 2.48. The molecule has 1 aliphatic rings. The fraction of sp³-hybridized carbons (Fsp3) is 0.250. The molecule has 0 bridgehead atoms. The van der Waals surface area contributed by atoms with Gasteiger partial charge in [0.25, 0.3) is 5.91 Å². The van der Waals surface area contributed by atoms with Crippen LogP contribution in [0.15, 0.2) is 47.1 Å². The molecule has 1 aliphatic heterocycles. The van der Waals surface area contributed by atoms with Crippen molar-refractivity contribution in [3.05, 3.63) is 58.3 Å². The van der Waals surface area contributed by atoms with Gasteiger partial charge in [0.15, 0.2) is 0 Å². The molecule has 0 N–H and O–H groups in total. The minimum atomic E-state index is -0.0310. The molecule has 1 aromatic carbocycles. The standard InChI is InChI=1S/C16H15BrN2O/c1-11-8-12-4-2-3-5-15(12)19(10-11)16(20)14-7-6-13(17)9-18-14/h2-7,9,11H,8,10H2,1H3. The molecule has 0 fully saturated rings. The summed E-state index contributed by atoms with van der Waals surface area (Å²) in [5.74, 6) is 0.431. The molecular formula is C16H15BrN2O. The number of aromatic nitrogens is 1. The van der Waals surface area contributed by atoms with E-state index >= 15 is 0 Å². The maximum atomic E-state index is 12.7. The highest BCUT2D eigenvalue weighted by Crippen LogP contribution is 2.30. The molecule has 3 rings (SSSR count). The lowest BCUT2D eigenvalue weighted by Gasteiger charge is -2.33. The molecule has 1 amide bonds. The van der Waals surface area contributed by atoms with Gasteiger partial charge in [-0.3, -0.25) is 4.79 Å². The fourth-order valence-electron chi connectivity index (χ4n) is 2.63. The molecule has 0 spiro atoms. The normalized spacial score (nSPS) is 17.7. The van der Waals surface area contributed by atoms with Crippen LogP contribution < -0.4 is 4.90 Å². The number of halogens is 1. The zero-order valence-electron chi connectivity index (χ0n) is 11.2. The lowest BCUT2D eigenvalue weighted by Crippen LogP contribution is -2.39. The minimum Gasteiger partial charge on any atom is -0.306 e. The summed E-state index contributed by atoms with van der Waals surface area (Å²) >= 11 is 3.34. The maximum Gasteiger partial charge on any atom is 0.276 e. The molecule has 102 valence electrons. The molecule has 1 unspecified atom stereocenters. The molecule has 0 saturated carbocycles.